The summed E-state index contributed by atoms with van der Waals surface area (Å²) in [6, 6.07) is -0.250. The maximum absolute atomic E-state index is 11.3. The van der Waals surface area contributed by atoms with Crippen LogP contribution in [0, 0.1) is 5.92 Å². The van der Waals surface area contributed by atoms with Gasteiger partial charge in [-0.1, -0.05) is 0 Å². The first-order valence-electron chi connectivity index (χ1n) is 4.42. The van der Waals surface area contributed by atoms with E-state index in [0.717, 1.165) is 6.42 Å². The summed E-state index contributed by atoms with van der Waals surface area (Å²) in [5.74, 6) is -0.250. The summed E-state index contributed by atoms with van der Waals surface area (Å²) in [5, 5.41) is 5.23. The number of carbonyl (C=O) groups excluding carboxylic acids is 2. The van der Waals surface area contributed by atoms with Gasteiger partial charge in [-0.15, -0.1) is 0 Å². The summed E-state index contributed by atoms with van der Waals surface area (Å²) in [6.07, 6.45) is 0.888. The Kier molecular flexibility index (Phi) is 2.28. The fourth-order valence-corrected chi connectivity index (χ4v) is 1.75. The molecule has 0 radical (unpaired) electrons. The van der Waals surface area contributed by atoms with Crippen molar-refractivity contribution in [1.82, 2.24) is 10.6 Å². The smallest absolute Gasteiger partial charge is 0.244 e. The highest BCUT2D eigenvalue weighted by Gasteiger charge is 2.34. The Hall–Kier alpha value is -0.940. The van der Waals surface area contributed by atoms with Crippen molar-refractivity contribution in [2.45, 2.75) is 12.5 Å². The lowest BCUT2D eigenvalue weighted by Crippen LogP contribution is -2.58. The van der Waals surface area contributed by atoms with Crippen LogP contribution in [0.15, 0.2) is 0 Å². The van der Waals surface area contributed by atoms with Gasteiger partial charge in [-0.2, -0.15) is 0 Å². The van der Waals surface area contributed by atoms with Crippen molar-refractivity contribution < 1.29 is 14.3 Å². The van der Waals surface area contributed by atoms with Crippen molar-refractivity contribution in [3.05, 3.63) is 0 Å². The molecule has 2 atom stereocenters. The molecule has 2 aliphatic rings. The molecular formula is C8H12N2O3. The lowest BCUT2D eigenvalue weighted by atomic mass is 9.97. The van der Waals surface area contributed by atoms with Crippen LogP contribution in [0.25, 0.3) is 0 Å². The number of amides is 2. The van der Waals surface area contributed by atoms with Gasteiger partial charge < -0.3 is 4.74 Å². The number of hydrogen-bond acceptors (Lipinski definition) is 4. The molecule has 0 aliphatic carbocycles. The van der Waals surface area contributed by atoms with Gasteiger partial charge in [-0.3, -0.25) is 20.2 Å². The van der Waals surface area contributed by atoms with Crippen molar-refractivity contribution in [3.63, 3.8) is 0 Å². The molecule has 0 spiro atoms. The molecule has 0 saturated carbocycles. The number of imide groups is 1. The summed E-state index contributed by atoms with van der Waals surface area (Å²) >= 11 is 0. The highest BCUT2D eigenvalue weighted by atomic mass is 16.5. The minimum atomic E-state index is -0.250. The average Bonchev–Trinajstić information content (AvgIpc) is 2.56. The predicted octanol–water partition coefficient (Wildman–Crippen LogP) is -1.36. The molecular weight excluding hydrogens is 172 g/mol. The van der Waals surface area contributed by atoms with Gasteiger partial charge in [-0.05, 0) is 6.42 Å². The Morgan fingerprint density at radius 1 is 1.38 bits per heavy atom. The quantitative estimate of drug-likeness (QED) is 0.494. The van der Waals surface area contributed by atoms with Crippen LogP contribution < -0.4 is 10.6 Å². The van der Waals surface area contributed by atoms with E-state index in [9.17, 15) is 9.59 Å². The Morgan fingerprint density at radius 2 is 2.23 bits per heavy atom. The predicted molar refractivity (Wildman–Crippen MR) is 43.9 cm³/mol. The molecule has 13 heavy (non-hydrogen) atoms. The van der Waals surface area contributed by atoms with E-state index in [1.807, 2.05) is 0 Å². The van der Waals surface area contributed by atoms with Crippen LogP contribution in [0.1, 0.15) is 6.42 Å². The second-order valence-electron chi connectivity index (χ2n) is 3.39. The van der Waals surface area contributed by atoms with E-state index in [2.05, 4.69) is 10.6 Å². The van der Waals surface area contributed by atoms with E-state index in [1.54, 1.807) is 0 Å². The van der Waals surface area contributed by atoms with Gasteiger partial charge in [0.1, 0.15) is 0 Å². The molecule has 0 aromatic heterocycles. The van der Waals surface area contributed by atoms with Crippen LogP contribution in [0.3, 0.4) is 0 Å². The van der Waals surface area contributed by atoms with E-state index >= 15 is 0 Å². The number of ether oxygens (including phenoxy) is 1. The van der Waals surface area contributed by atoms with Crippen LogP contribution in [0.2, 0.25) is 0 Å². The third-order valence-corrected chi connectivity index (χ3v) is 2.46. The van der Waals surface area contributed by atoms with Crippen molar-refractivity contribution in [1.29, 1.82) is 0 Å². The van der Waals surface area contributed by atoms with E-state index in [-0.39, 0.29) is 30.3 Å². The van der Waals surface area contributed by atoms with Gasteiger partial charge in [-0.25, -0.2) is 0 Å². The minimum absolute atomic E-state index is 0.216. The molecule has 0 bridgehead atoms. The molecule has 2 aliphatic heterocycles. The van der Waals surface area contributed by atoms with E-state index < -0.39 is 0 Å². The van der Waals surface area contributed by atoms with Gasteiger partial charge in [0.15, 0.2) is 0 Å². The van der Waals surface area contributed by atoms with Crippen LogP contribution in [0.5, 0.6) is 0 Å². The van der Waals surface area contributed by atoms with Gasteiger partial charge in [0.2, 0.25) is 11.8 Å². The summed E-state index contributed by atoms with van der Waals surface area (Å²) in [5.41, 5.74) is 0. The zero-order chi connectivity index (χ0) is 9.26. The third-order valence-electron chi connectivity index (χ3n) is 2.46. The molecule has 2 rings (SSSR count). The Bertz CT molecular complexity index is 236. The third kappa shape index (κ3) is 1.71. The van der Waals surface area contributed by atoms with Crippen molar-refractivity contribution in [2.75, 3.05) is 19.8 Å². The Balaban J connectivity index is 1.98. The molecule has 72 valence electrons. The largest absolute Gasteiger partial charge is 0.381 e. The monoisotopic (exact) mass is 184 g/mol. The van der Waals surface area contributed by atoms with Gasteiger partial charge in [0.05, 0.1) is 19.2 Å². The van der Waals surface area contributed by atoms with Gasteiger partial charge in [0, 0.05) is 12.5 Å². The molecule has 0 aromatic rings. The van der Waals surface area contributed by atoms with E-state index in [0.29, 0.717) is 13.2 Å². The fraction of sp³-hybridized carbons (Fsp3) is 0.750. The SMILES string of the molecule is O=C1CNC(C2CCOC2)C(=O)N1. The molecule has 2 fully saturated rings. The summed E-state index contributed by atoms with van der Waals surface area (Å²) in [6.45, 7) is 1.55. The van der Waals surface area contributed by atoms with E-state index in [4.69, 9.17) is 4.74 Å². The number of nitrogens with one attached hydrogen (secondary N) is 2. The summed E-state index contributed by atoms with van der Waals surface area (Å²) in [7, 11) is 0. The minimum Gasteiger partial charge on any atom is -0.381 e. The maximum Gasteiger partial charge on any atom is 0.244 e. The van der Waals surface area contributed by atoms with Gasteiger partial charge >= 0.3 is 0 Å². The Morgan fingerprint density at radius 3 is 2.85 bits per heavy atom. The van der Waals surface area contributed by atoms with Crippen LogP contribution in [0.4, 0.5) is 0 Å². The zero-order valence-electron chi connectivity index (χ0n) is 7.21. The first-order valence-corrected chi connectivity index (χ1v) is 4.42. The number of hydrogen-bond donors (Lipinski definition) is 2. The summed E-state index contributed by atoms with van der Waals surface area (Å²) in [4.78, 5) is 22.1. The standard InChI is InChI=1S/C8H12N2O3/c11-6-3-9-7(8(12)10-6)5-1-2-13-4-5/h5,7,9H,1-4H2,(H,10,11,12). The fourth-order valence-electron chi connectivity index (χ4n) is 1.75. The van der Waals surface area contributed by atoms with Crippen molar-refractivity contribution in [3.8, 4) is 0 Å². The van der Waals surface area contributed by atoms with Crippen LogP contribution in [-0.2, 0) is 14.3 Å². The van der Waals surface area contributed by atoms with E-state index in [1.165, 1.54) is 0 Å². The zero-order valence-corrected chi connectivity index (χ0v) is 7.21. The first-order chi connectivity index (χ1) is 6.27. The Labute approximate surface area is 75.8 Å². The molecule has 2 unspecified atom stereocenters. The molecule has 2 saturated heterocycles. The second-order valence-corrected chi connectivity index (χ2v) is 3.39. The number of carbonyl (C=O) groups is 2. The number of piperazine rings is 1. The first kappa shape index (κ1) is 8.65. The molecule has 5 nitrogen and oxygen atoms in total. The number of rotatable bonds is 1. The molecule has 2 amide bonds. The highest BCUT2D eigenvalue weighted by Crippen LogP contribution is 2.17. The maximum atomic E-state index is 11.3. The van der Waals surface area contributed by atoms with Gasteiger partial charge in [0.25, 0.3) is 0 Å². The topological polar surface area (TPSA) is 67.4 Å². The normalized spacial score (nSPS) is 34.8. The van der Waals surface area contributed by atoms with Crippen molar-refractivity contribution >= 4 is 11.8 Å². The molecule has 5 heteroatoms. The highest BCUT2D eigenvalue weighted by molar-refractivity contribution is 6.01. The van der Waals surface area contributed by atoms with Crippen LogP contribution >= 0.6 is 0 Å². The second kappa shape index (κ2) is 3.43. The molecule has 2 heterocycles. The van der Waals surface area contributed by atoms with Crippen LogP contribution in [-0.4, -0.2) is 37.6 Å². The summed E-state index contributed by atoms with van der Waals surface area (Å²) < 4.78 is 5.18. The lowest BCUT2D eigenvalue weighted by molar-refractivity contribution is -0.135. The average molecular weight is 184 g/mol. The van der Waals surface area contributed by atoms with Crippen molar-refractivity contribution in [2.24, 2.45) is 5.92 Å². The lowest BCUT2D eigenvalue weighted by Gasteiger charge is -2.26. The molecule has 0 aromatic carbocycles. The molecule has 2 N–H and O–H groups in total.